The van der Waals surface area contributed by atoms with Crippen LogP contribution in [0.4, 0.5) is 0 Å². The lowest BCUT2D eigenvalue weighted by Crippen LogP contribution is -2.45. The van der Waals surface area contributed by atoms with Crippen LogP contribution in [0.1, 0.15) is 46.0 Å². The molecular formula is C13H25N3O2. The molecule has 104 valence electrons. The maximum atomic E-state index is 9.03. The Labute approximate surface area is 110 Å². The minimum absolute atomic E-state index is 0.0485. The third-order valence-electron chi connectivity index (χ3n) is 3.07. The van der Waals surface area contributed by atoms with Crippen molar-refractivity contribution < 1.29 is 14.4 Å². The minimum atomic E-state index is -0.0485. The molecule has 1 aliphatic heterocycles. The van der Waals surface area contributed by atoms with Crippen LogP contribution in [0.3, 0.4) is 0 Å². The molecule has 1 atom stereocenters. The maximum Gasteiger partial charge on any atom is 0.313 e. The van der Waals surface area contributed by atoms with E-state index in [0.29, 0.717) is 12.3 Å². The smallest absolute Gasteiger partial charge is 0.313 e. The molecule has 1 heterocycles. The van der Waals surface area contributed by atoms with Crippen LogP contribution in [0, 0.1) is 0 Å². The minimum Gasteiger partial charge on any atom is -0.366 e. The molecule has 0 aliphatic carbocycles. The van der Waals surface area contributed by atoms with Crippen molar-refractivity contribution in [3.8, 4) is 0 Å². The lowest BCUT2D eigenvalue weighted by molar-refractivity contribution is -0.171. The maximum absolute atomic E-state index is 9.03. The summed E-state index contributed by atoms with van der Waals surface area (Å²) in [7, 11) is 0. The van der Waals surface area contributed by atoms with E-state index in [4.69, 9.17) is 15.1 Å². The Kier molecular flexibility index (Phi) is 7.85. The van der Waals surface area contributed by atoms with E-state index >= 15 is 0 Å². The van der Waals surface area contributed by atoms with E-state index in [9.17, 15) is 0 Å². The van der Waals surface area contributed by atoms with Gasteiger partial charge in [-0.15, -0.1) is 0 Å². The Hall–Kier alpha value is -0.740. The van der Waals surface area contributed by atoms with Crippen molar-refractivity contribution in [1.82, 2.24) is 5.06 Å². The van der Waals surface area contributed by atoms with Gasteiger partial charge < -0.3 is 10.3 Å². The van der Waals surface area contributed by atoms with Gasteiger partial charge in [0.15, 0.2) is 6.10 Å². The van der Waals surface area contributed by atoms with Crippen LogP contribution in [-0.2, 0) is 9.57 Å². The van der Waals surface area contributed by atoms with Crippen molar-refractivity contribution in [2.45, 2.75) is 52.1 Å². The van der Waals surface area contributed by atoms with Crippen molar-refractivity contribution in [2.24, 2.45) is 0 Å². The summed E-state index contributed by atoms with van der Waals surface area (Å²) in [5.41, 5.74) is 9.71. The highest BCUT2D eigenvalue weighted by Crippen LogP contribution is 2.12. The third kappa shape index (κ3) is 5.27. The van der Waals surface area contributed by atoms with Crippen molar-refractivity contribution in [3.63, 3.8) is 0 Å². The Morgan fingerprint density at radius 1 is 1.28 bits per heavy atom. The van der Waals surface area contributed by atoms with E-state index in [0.717, 1.165) is 51.9 Å². The topological polar surface area (TPSA) is 58.1 Å². The van der Waals surface area contributed by atoms with Gasteiger partial charge in [0, 0.05) is 13.2 Å². The molecule has 0 N–H and O–H groups in total. The van der Waals surface area contributed by atoms with Gasteiger partial charge in [0.25, 0.3) is 0 Å². The van der Waals surface area contributed by atoms with Gasteiger partial charge in [-0.2, -0.15) is 9.85 Å². The van der Waals surface area contributed by atoms with E-state index in [-0.39, 0.29) is 6.10 Å². The van der Waals surface area contributed by atoms with Gasteiger partial charge in [-0.05, 0) is 19.3 Å². The van der Waals surface area contributed by atoms with E-state index in [1.54, 1.807) is 0 Å². The van der Waals surface area contributed by atoms with Gasteiger partial charge in [0.05, 0.1) is 6.61 Å². The molecule has 0 radical (unpaired) electrons. The number of piperidine rings is 1. The number of nitrogens with zero attached hydrogens (tertiary/aromatic N) is 3. The Bertz CT molecular complexity index is 277. The summed E-state index contributed by atoms with van der Waals surface area (Å²) in [4.78, 5) is 8.97. The quantitative estimate of drug-likeness (QED) is 0.380. The van der Waals surface area contributed by atoms with E-state index < -0.39 is 0 Å². The molecule has 1 saturated heterocycles. The molecule has 0 aromatic rings. The lowest BCUT2D eigenvalue weighted by atomic mass is 10.1. The zero-order chi connectivity index (χ0) is 13.2. The van der Waals surface area contributed by atoms with Gasteiger partial charge in [-0.1, -0.05) is 26.7 Å². The molecule has 1 fully saturated rings. The highest BCUT2D eigenvalue weighted by Gasteiger charge is 2.32. The van der Waals surface area contributed by atoms with Crippen LogP contribution in [0.5, 0.6) is 0 Å². The monoisotopic (exact) mass is 255 g/mol. The van der Waals surface area contributed by atoms with Crippen LogP contribution in [-0.4, -0.2) is 48.0 Å². The van der Waals surface area contributed by atoms with Crippen LogP contribution >= 0.6 is 0 Å². The third-order valence-corrected chi connectivity index (χ3v) is 3.07. The first-order chi connectivity index (χ1) is 8.81. The predicted molar refractivity (Wildman–Crippen MR) is 70.3 cm³/mol. The van der Waals surface area contributed by atoms with Gasteiger partial charge in [0.2, 0.25) is 0 Å². The number of hydroxylamine groups is 2. The fourth-order valence-electron chi connectivity index (χ4n) is 1.88. The van der Waals surface area contributed by atoms with Gasteiger partial charge in [0.1, 0.15) is 6.54 Å². The molecule has 0 aromatic carbocycles. The van der Waals surface area contributed by atoms with Crippen molar-refractivity contribution in [2.75, 3.05) is 26.3 Å². The summed E-state index contributed by atoms with van der Waals surface area (Å²) in [6.45, 7) is 7.11. The van der Waals surface area contributed by atoms with Crippen LogP contribution in [0.15, 0.2) is 0 Å². The predicted octanol–water partition coefficient (Wildman–Crippen LogP) is 2.28. The number of hydrogen-bond acceptors (Lipinski definition) is 3. The van der Waals surface area contributed by atoms with Gasteiger partial charge in [-0.25, -0.2) is 0 Å². The summed E-state index contributed by atoms with van der Waals surface area (Å²) in [6.07, 6.45) is 5.12. The van der Waals surface area contributed by atoms with Crippen LogP contribution in [0.2, 0.25) is 0 Å². The van der Waals surface area contributed by atoms with Gasteiger partial charge >= 0.3 is 5.71 Å². The first-order valence-corrected chi connectivity index (χ1v) is 7.02. The molecular weight excluding hydrogens is 230 g/mol. The zero-order valence-electron chi connectivity index (χ0n) is 11.6. The van der Waals surface area contributed by atoms with Gasteiger partial charge in [-0.3, -0.25) is 4.84 Å². The first kappa shape index (κ1) is 15.3. The van der Waals surface area contributed by atoms with E-state index in [1.807, 2.05) is 5.06 Å². The Morgan fingerprint density at radius 2 is 2.00 bits per heavy atom. The number of hydrogen-bond donors (Lipinski definition) is 0. The molecule has 0 aromatic heterocycles. The molecule has 0 amide bonds. The largest absolute Gasteiger partial charge is 0.366 e. The average Bonchev–Trinajstić information content (AvgIpc) is 2.40. The molecule has 1 unspecified atom stereocenters. The second-order valence-corrected chi connectivity index (χ2v) is 4.64. The second kappa shape index (κ2) is 9.22. The van der Waals surface area contributed by atoms with Crippen LogP contribution < -0.4 is 0 Å². The average molecular weight is 255 g/mol. The van der Waals surface area contributed by atoms with Crippen molar-refractivity contribution >= 4 is 5.71 Å². The standard InChI is InChI=1S/C13H25N3O2/c1-3-5-9-17-13-7-8-16(11-12(13)15-14)18-10-6-4-2/h13H,3-11H2,1-2H3. The molecule has 5 nitrogen and oxygen atoms in total. The zero-order valence-corrected chi connectivity index (χ0v) is 11.6. The summed E-state index contributed by atoms with van der Waals surface area (Å²) in [6, 6.07) is 0. The molecule has 5 heteroatoms. The fraction of sp³-hybridized carbons (Fsp3) is 0.923. The molecule has 1 aliphatic rings. The summed E-state index contributed by atoms with van der Waals surface area (Å²) in [5.74, 6) is 0. The summed E-state index contributed by atoms with van der Waals surface area (Å²) >= 11 is 0. The summed E-state index contributed by atoms with van der Waals surface area (Å²) < 4.78 is 5.73. The number of unbranched alkanes of at least 4 members (excludes halogenated alkanes) is 2. The highest BCUT2D eigenvalue weighted by molar-refractivity contribution is 5.86. The fourth-order valence-corrected chi connectivity index (χ4v) is 1.88. The Morgan fingerprint density at radius 3 is 2.67 bits per heavy atom. The molecule has 18 heavy (non-hydrogen) atoms. The molecule has 1 rings (SSSR count). The van der Waals surface area contributed by atoms with E-state index in [1.165, 1.54) is 0 Å². The number of ether oxygens (including phenoxy) is 1. The van der Waals surface area contributed by atoms with E-state index in [2.05, 4.69) is 18.6 Å². The SMILES string of the molecule is CCCCOC1CCN(OCCCC)CC1=[N+]=[N-]. The number of rotatable bonds is 8. The summed E-state index contributed by atoms with van der Waals surface area (Å²) in [5, 5.41) is 1.87. The second-order valence-electron chi connectivity index (χ2n) is 4.64. The molecule has 0 saturated carbocycles. The Balaban J connectivity index is 2.32. The van der Waals surface area contributed by atoms with Crippen molar-refractivity contribution in [3.05, 3.63) is 5.53 Å². The normalized spacial score (nSPS) is 21.0. The molecule has 0 bridgehead atoms. The molecule has 0 spiro atoms. The highest BCUT2D eigenvalue weighted by atomic mass is 16.7. The van der Waals surface area contributed by atoms with Crippen molar-refractivity contribution in [1.29, 1.82) is 0 Å². The first-order valence-electron chi connectivity index (χ1n) is 7.02. The van der Waals surface area contributed by atoms with Crippen LogP contribution in [0.25, 0.3) is 5.53 Å². The lowest BCUT2D eigenvalue weighted by Gasteiger charge is -2.27.